The number of nitrogens with zero attached hydrogens (tertiary/aromatic N) is 2. The van der Waals surface area contributed by atoms with Gasteiger partial charge in [0.05, 0.1) is 4.92 Å². The summed E-state index contributed by atoms with van der Waals surface area (Å²) >= 11 is 0. The number of nitrogen functional groups attached to an aromatic ring is 1. The lowest BCUT2D eigenvalue weighted by Crippen LogP contribution is -2.30. The summed E-state index contributed by atoms with van der Waals surface area (Å²) in [5, 5.41) is 10.7. The quantitative estimate of drug-likeness (QED) is 0.494. The minimum absolute atomic E-state index is 0.0170. The smallest absolute Gasteiger partial charge is 0.292 e. The van der Waals surface area contributed by atoms with E-state index in [0.29, 0.717) is 6.04 Å². The van der Waals surface area contributed by atoms with Crippen LogP contribution in [0.4, 0.5) is 11.4 Å². The molecule has 0 bridgehead atoms. The highest BCUT2D eigenvalue weighted by Gasteiger charge is 2.30. The van der Waals surface area contributed by atoms with E-state index in [4.69, 9.17) is 5.73 Å². The van der Waals surface area contributed by atoms with E-state index in [-0.39, 0.29) is 11.4 Å². The first-order valence-corrected chi connectivity index (χ1v) is 6.22. The number of hydrogen-bond donors (Lipinski definition) is 1. The zero-order valence-corrected chi connectivity index (χ0v) is 10.8. The third kappa shape index (κ3) is 2.79. The predicted molar refractivity (Wildman–Crippen MR) is 71.2 cm³/mol. The highest BCUT2D eigenvalue weighted by atomic mass is 16.6. The van der Waals surface area contributed by atoms with Gasteiger partial charge in [-0.2, -0.15) is 0 Å². The molecule has 5 nitrogen and oxygen atoms in total. The summed E-state index contributed by atoms with van der Waals surface area (Å²) in [6.07, 6.45) is 2.63. The molecule has 1 unspecified atom stereocenters. The molecule has 98 valence electrons. The molecule has 5 heteroatoms. The first kappa shape index (κ1) is 12.8. The van der Waals surface area contributed by atoms with Crippen molar-refractivity contribution >= 4 is 11.4 Å². The van der Waals surface area contributed by atoms with Crippen LogP contribution in [0, 0.1) is 16.0 Å². The molecule has 1 aliphatic carbocycles. The molecule has 1 aliphatic rings. The van der Waals surface area contributed by atoms with Crippen molar-refractivity contribution in [1.29, 1.82) is 0 Å². The maximum absolute atomic E-state index is 10.7. The summed E-state index contributed by atoms with van der Waals surface area (Å²) in [4.78, 5) is 12.5. The van der Waals surface area contributed by atoms with E-state index in [1.54, 1.807) is 12.1 Å². The van der Waals surface area contributed by atoms with Crippen LogP contribution in [-0.4, -0.2) is 22.9 Å². The highest BCUT2D eigenvalue weighted by molar-refractivity contribution is 5.59. The van der Waals surface area contributed by atoms with Crippen LogP contribution in [0.5, 0.6) is 0 Å². The van der Waals surface area contributed by atoms with E-state index in [1.165, 1.54) is 18.9 Å². The van der Waals surface area contributed by atoms with Crippen LogP contribution in [0.15, 0.2) is 18.2 Å². The number of nitro benzene ring substituents is 1. The number of anilines is 1. The van der Waals surface area contributed by atoms with Gasteiger partial charge in [-0.15, -0.1) is 0 Å². The molecule has 1 aromatic rings. The molecule has 0 aliphatic heterocycles. The second kappa shape index (κ2) is 4.94. The van der Waals surface area contributed by atoms with Gasteiger partial charge in [-0.25, -0.2) is 0 Å². The maximum Gasteiger partial charge on any atom is 0.292 e. The highest BCUT2D eigenvalue weighted by Crippen LogP contribution is 2.35. The van der Waals surface area contributed by atoms with E-state index in [9.17, 15) is 10.1 Å². The number of nitrogens with two attached hydrogens (primary N) is 1. The number of hydrogen-bond acceptors (Lipinski definition) is 4. The molecule has 2 N–H and O–H groups in total. The van der Waals surface area contributed by atoms with Crippen LogP contribution < -0.4 is 5.73 Å². The molecule has 0 amide bonds. The monoisotopic (exact) mass is 249 g/mol. The second-order valence-electron chi connectivity index (χ2n) is 5.14. The summed E-state index contributed by atoms with van der Waals surface area (Å²) < 4.78 is 0. The van der Waals surface area contributed by atoms with Crippen molar-refractivity contribution in [3.05, 3.63) is 33.9 Å². The standard InChI is InChI=1S/C13H19N3O2/c1-9(11-4-5-11)15(2)8-10-3-6-13(16(17)18)12(14)7-10/h3,6-7,9,11H,4-5,8,14H2,1-2H3. The Labute approximate surface area is 107 Å². The molecule has 0 heterocycles. The van der Waals surface area contributed by atoms with Crippen molar-refractivity contribution in [3.8, 4) is 0 Å². The van der Waals surface area contributed by atoms with Gasteiger partial charge in [-0.3, -0.25) is 15.0 Å². The van der Waals surface area contributed by atoms with Crippen LogP contribution in [0.1, 0.15) is 25.3 Å². The molecule has 18 heavy (non-hydrogen) atoms. The fourth-order valence-corrected chi connectivity index (χ4v) is 2.24. The third-order valence-corrected chi connectivity index (χ3v) is 3.72. The summed E-state index contributed by atoms with van der Waals surface area (Å²) in [6, 6.07) is 5.53. The van der Waals surface area contributed by atoms with Crippen LogP contribution in [0.25, 0.3) is 0 Å². The SMILES string of the molecule is CC(C1CC1)N(C)Cc1ccc([N+](=O)[O-])c(N)c1. The Bertz CT molecular complexity index is 458. The molecule has 1 saturated carbocycles. The molecule has 1 fully saturated rings. The lowest BCUT2D eigenvalue weighted by Gasteiger charge is -2.24. The minimum Gasteiger partial charge on any atom is -0.393 e. The normalized spacial score (nSPS) is 16.8. The van der Waals surface area contributed by atoms with Gasteiger partial charge in [-0.1, -0.05) is 6.07 Å². The van der Waals surface area contributed by atoms with E-state index in [2.05, 4.69) is 18.9 Å². The van der Waals surface area contributed by atoms with Gasteiger partial charge in [0.2, 0.25) is 0 Å². The summed E-state index contributed by atoms with van der Waals surface area (Å²) in [6.45, 7) is 3.01. The van der Waals surface area contributed by atoms with Crippen molar-refractivity contribution in [2.75, 3.05) is 12.8 Å². The van der Waals surface area contributed by atoms with E-state index in [1.807, 2.05) is 0 Å². The summed E-state index contributed by atoms with van der Waals surface area (Å²) in [5.74, 6) is 0.811. The van der Waals surface area contributed by atoms with Crippen LogP contribution in [0.2, 0.25) is 0 Å². The largest absolute Gasteiger partial charge is 0.393 e. The molecule has 1 atom stereocenters. The lowest BCUT2D eigenvalue weighted by atomic mass is 10.1. The third-order valence-electron chi connectivity index (χ3n) is 3.72. The van der Waals surface area contributed by atoms with Crippen molar-refractivity contribution in [3.63, 3.8) is 0 Å². The molecule has 0 aromatic heterocycles. The van der Waals surface area contributed by atoms with Crippen molar-refractivity contribution in [1.82, 2.24) is 4.90 Å². The van der Waals surface area contributed by atoms with Crippen LogP contribution >= 0.6 is 0 Å². The Kier molecular flexibility index (Phi) is 3.52. The van der Waals surface area contributed by atoms with Gasteiger partial charge in [0.1, 0.15) is 5.69 Å². The predicted octanol–water partition coefficient (Wildman–Crippen LogP) is 2.41. The molecular weight excluding hydrogens is 230 g/mol. The second-order valence-corrected chi connectivity index (χ2v) is 5.14. The average Bonchev–Trinajstić information content (AvgIpc) is 3.11. The van der Waals surface area contributed by atoms with E-state index < -0.39 is 4.92 Å². The minimum atomic E-state index is -0.449. The Morgan fingerprint density at radius 2 is 2.22 bits per heavy atom. The van der Waals surface area contributed by atoms with Gasteiger partial charge >= 0.3 is 0 Å². The van der Waals surface area contributed by atoms with Gasteiger partial charge in [-0.05, 0) is 44.4 Å². The van der Waals surface area contributed by atoms with Gasteiger partial charge < -0.3 is 5.73 Å². The molecular formula is C13H19N3O2. The van der Waals surface area contributed by atoms with Crippen LogP contribution in [-0.2, 0) is 6.54 Å². The zero-order valence-electron chi connectivity index (χ0n) is 10.8. The molecule has 0 saturated heterocycles. The molecule has 0 radical (unpaired) electrons. The van der Waals surface area contributed by atoms with Gasteiger partial charge in [0.15, 0.2) is 0 Å². The van der Waals surface area contributed by atoms with Crippen LogP contribution in [0.3, 0.4) is 0 Å². The number of nitro groups is 1. The van der Waals surface area contributed by atoms with E-state index >= 15 is 0 Å². The molecule has 0 spiro atoms. The molecule has 2 rings (SSSR count). The Hall–Kier alpha value is -1.62. The van der Waals surface area contributed by atoms with Crippen molar-refractivity contribution in [2.24, 2.45) is 5.92 Å². The van der Waals surface area contributed by atoms with Crippen molar-refractivity contribution < 1.29 is 4.92 Å². The first-order valence-electron chi connectivity index (χ1n) is 6.22. The summed E-state index contributed by atoms with van der Waals surface area (Å²) in [7, 11) is 2.08. The average molecular weight is 249 g/mol. The number of benzene rings is 1. The summed E-state index contributed by atoms with van der Waals surface area (Å²) in [5.41, 5.74) is 6.93. The Morgan fingerprint density at radius 3 is 2.72 bits per heavy atom. The Morgan fingerprint density at radius 1 is 1.56 bits per heavy atom. The number of rotatable bonds is 5. The maximum atomic E-state index is 10.7. The Balaban J connectivity index is 2.05. The van der Waals surface area contributed by atoms with E-state index in [0.717, 1.165) is 18.0 Å². The zero-order chi connectivity index (χ0) is 13.3. The first-order chi connectivity index (χ1) is 8.49. The van der Waals surface area contributed by atoms with Gasteiger partial charge in [0.25, 0.3) is 5.69 Å². The molecule has 1 aromatic carbocycles. The van der Waals surface area contributed by atoms with Gasteiger partial charge in [0, 0.05) is 18.7 Å². The topological polar surface area (TPSA) is 72.4 Å². The lowest BCUT2D eigenvalue weighted by molar-refractivity contribution is -0.383. The fourth-order valence-electron chi connectivity index (χ4n) is 2.24. The fraction of sp³-hybridized carbons (Fsp3) is 0.538. The van der Waals surface area contributed by atoms with Crippen molar-refractivity contribution in [2.45, 2.75) is 32.4 Å².